The van der Waals surface area contributed by atoms with E-state index in [0.29, 0.717) is 5.41 Å². The summed E-state index contributed by atoms with van der Waals surface area (Å²) in [4.78, 5) is 8.65. The van der Waals surface area contributed by atoms with Crippen LogP contribution in [-0.2, 0) is 11.3 Å². The number of aromatic nitrogens is 2. The summed E-state index contributed by atoms with van der Waals surface area (Å²) in [7, 11) is 1.85. The summed E-state index contributed by atoms with van der Waals surface area (Å²) in [5.74, 6) is 2.01. The molecule has 148 valence electrons. The molecule has 1 aliphatic carbocycles. The Bertz CT molecular complexity index is 534. The average molecular weight is 364 g/mol. The Morgan fingerprint density at radius 1 is 1.31 bits per heavy atom. The van der Waals surface area contributed by atoms with Crippen molar-refractivity contribution in [1.29, 1.82) is 0 Å². The quantitative estimate of drug-likeness (QED) is 0.360. The minimum atomic E-state index is 0.381. The van der Waals surface area contributed by atoms with E-state index in [1.54, 1.807) is 0 Å². The lowest BCUT2D eigenvalue weighted by molar-refractivity contribution is 0.105. The van der Waals surface area contributed by atoms with Gasteiger partial charge in [-0.05, 0) is 51.4 Å². The average Bonchev–Trinajstić information content (AvgIpc) is 3.27. The maximum Gasteiger partial charge on any atom is 0.190 e. The third-order valence-electron chi connectivity index (χ3n) is 5.54. The first kappa shape index (κ1) is 20.7. The largest absolute Gasteiger partial charge is 0.382 e. The Balaban J connectivity index is 1.65. The highest BCUT2D eigenvalue weighted by Gasteiger charge is 2.33. The number of nitrogens with one attached hydrogen (secondary N) is 2. The molecule has 0 unspecified atom stereocenters. The van der Waals surface area contributed by atoms with Crippen LogP contribution < -0.4 is 10.6 Å². The van der Waals surface area contributed by atoms with Crippen molar-refractivity contribution in [2.75, 3.05) is 33.4 Å². The van der Waals surface area contributed by atoms with Crippen molar-refractivity contribution < 1.29 is 4.74 Å². The van der Waals surface area contributed by atoms with E-state index in [0.717, 1.165) is 63.9 Å². The molecule has 6 heteroatoms. The molecule has 0 amide bonds. The van der Waals surface area contributed by atoms with Crippen molar-refractivity contribution in [1.82, 2.24) is 20.2 Å². The SMILES string of the molecule is CCOCCC1(CNC(=NC)NCCCCn2ccnc2C)CCCC1. The standard InChI is InChI=1S/C20H37N5O/c1-4-26-16-11-20(9-5-6-10-20)17-24-19(21-3)23-12-7-8-14-25-15-13-22-18(25)2/h13,15H,4-12,14,16-17H2,1-3H3,(H2,21,23,24). The number of hydrogen-bond donors (Lipinski definition) is 2. The van der Waals surface area contributed by atoms with E-state index < -0.39 is 0 Å². The summed E-state index contributed by atoms with van der Waals surface area (Å²) in [5, 5.41) is 7.02. The first-order valence-corrected chi connectivity index (χ1v) is 10.2. The molecular formula is C20H37N5O. The zero-order valence-electron chi connectivity index (χ0n) is 16.9. The highest BCUT2D eigenvalue weighted by molar-refractivity contribution is 5.79. The van der Waals surface area contributed by atoms with Gasteiger partial charge < -0.3 is 19.9 Å². The number of unbranched alkanes of at least 4 members (excludes halogenated alkanes) is 1. The molecule has 1 aromatic rings. The third kappa shape index (κ3) is 6.63. The fraction of sp³-hybridized carbons (Fsp3) is 0.800. The second-order valence-corrected chi connectivity index (χ2v) is 7.38. The lowest BCUT2D eigenvalue weighted by Crippen LogP contribution is -2.43. The molecule has 0 bridgehead atoms. The van der Waals surface area contributed by atoms with Crippen LogP contribution >= 0.6 is 0 Å². The molecule has 0 aromatic carbocycles. The molecule has 0 radical (unpaired) electrons. The number of imidazole rings is 1. The van der Waals surface area contributed by atoms with Crippen LogP contribution in [0.3, 0.4) is 0 Å². The number of aryl methyl sites for hydroxylation is 2. The minimum Gasteiger partial charge on any atom is -0.382 e. The number of hydrogen-bond acceptors (Lipinski definition) is 3. The first-order chi connectivity index (χ1) is 12.7. The molecule has 1 aliphatic rings. The summed E-state index contributed by atoms with van der Waals surface area (Å²) in [6, 6.07) is 0. The van der Waals surface area contributed by atoms with Crippen LogP contribution in [0.2, 0.25) is 0 Å². The van der Waals surface area contributed by atoms with Gasteiger partial charge >= 0.3 is 0 Å². The Hall–Kier alpha value is -1.56. The van der Waals surface area contributed by atoms with Gasteiger partial charge in [0.15, 0.2) is 5.96 Å². The van der Waals surface area contributed by atoms with E-state index in [2.05, 4.69) is 39.0 Å². The molecular weight excluding hydrogens is 326 g/mol. The van der Waals surface area contributed by atoms with Crippen molar-refractivity contribution in [2.45, 2.75) is 65.3 Å². The van der Waals surface area contributed by atoms with Gasteiger partial charge in [0.05, 0.1) is 0 Å². The van der Waals surface area contributed by atoms with Crippen LogP contribution in [0.25, 0.3) is 0 Å². The molecule has 1 fully saturated rings. The Labute approximate surface area is 158 Å². The molecule has 2 rings (SSSR count). The fourth-order valence-corrected chi connectivity index (χ4v) is 3.82. The zero-order valence-corrected chi connectivity index (χ0v) is 16.9. The molecule has 0 aliphatic heterocycles. The Morgan fingerprint density at radius 2 is 2.12 bits per heavy atom. The highest BCUT2D eigenvalue weighted by atomic mass is 16.5. The molecule has 0 atom stereocenters. The normalized spacial score (nSPS) is 16.8. The lowest BCUT2D eigenvalue weighted by atomic mass is 9.83. The molecule has 6 nitrogen and oxygen atoms in total. The monoisotopic (exact) mass is 363 g/mol. The van der Waals surface area contributed by atoms with Crippen LogP contribution in [-0.4, -0.2) is 48.9 Å². The van der Waals surface area contributed by atoms with E-state index in [4.69, 9.17) is 4.74 Å². The van der Waals surface area contributed by atoms with Gasteiger partial charge in [0.25, 0.3) is 0 Å². The van der Waals surface area contributed by atoms with Crippen molar-refractivity contribution in [3.63, 3.8) is 0 Å². The van der Waals surface area contributed by atoms with E-state index in [9.17, 15) is 0 Å². The number of ether oxygens (including phenoxy) is 1. The summed E-state index contributed by atoms with van der Waals surface area (Å²) in [6.07, 6.45) is 12.6. The molecule has 0 saturated heterocycles. The number of nitrogens with zero attached hydrogens (tertiary/aromatic N) is 3. The maximum absolute atomic E-state index is 5.60. The van der Waals surface area contributed by atoms with Gasteiger partial charge in [0.2, 0.25) is 0 Å². The summed E-state index contributed by atoms with van der Waals surface area (Å²) in [6.45, 7) is 8.77. The van der Waals surface area contributed by atoms with Gasteiger partial charge in [-0.3, -0.25) is 4.99 Å². The molecule has 1 saturated carbocycles. The van der Waals surface area contributed by atoms with E-state index in [1.807, 2.05) is 19.4 Å². The lowest BCUT2D eigenvalue weighted by Gasteiger charge is -2.30. The summed E-state index contributed by atoms with van der Waals surface area (Å²) >= 11 is 0. The van der Waals surface area contributed by atoms with Gasteiger partial charge in [-0.15, -0.1) is 0 Å². The maximum atomic E-state index is 5.60. The van der Waals surface area contributed by atoms with Gasteiger partial charge in [-0.1, -0.05) is 12.8 Å². The molecule has 2 N–H and O–H groups in total. The van der Waals surface area contributed by atoms with Crippen LogP contribution in [0.4, 0.5) is 0 Å². The molecule has 1 aromatic heterocycles. The summed E-state index contributed by atoms with van der Waals surface area (Å²) in [5.41, 5.74) is 0.381. The topological polar surface area (TPSA) is 63.5 Å². The van der Waals surface area contributed by atoms with Crippen molar-refractivity contribution in [3.8, 4) is 0 Å². The first-order valence-electron chi connectivity index (χ1n) is 10.2. The van der Waals surface area contributed by atoms with E-state index in [1.165, 1.54) is 25.7 Å². The van der Waals surface area contributed by atoms with Crippen LogP contribution in [0.5, 0.6) is 0 Å². The van der Waals surface area contributed by atoms with Crippen molar-refractivity contribution in [3.05, 3.63) is 18.2 Å². The zero-order chi connectivity index (χ0) is 18.7. The molecule has 0 spiro atoms. The summed E-state index contributed by atoms with van der Waals surface area (Å²) < 4.78 is 7.81. The van der Waals surface area contributed by atoms with Gasteiger partial charge in [-0.2, -0.15) is 0 Å². The predicted molar refractivity (Wildman–Crippen MR) is 108 cm³/mol. The second kappa shape index (κ2) is 11.2. The highest BCUT2D eigenvalue weighted by Crippen LogP contribution is 2.40. The second-order valence-electron chi connectivity index (χ2n) is 7.38. The Morgan fingerprint density at radius 3 is 2.77 bits per heavy atom. The van der Waals surface area contributed by atoms with E-state index in [-0.39, 0.29) is 0 Å². The van der Waals surface area contributed by atoms with Crippen LogP contribution in [0.15, 0.2) is 17.4 Å². The Kier molecular flexibility index (Phi) is 8.95. The smallest absolute Gasteiger partial charge is 0.190 e. The predicted octanol–water partition coefficient (Wildman–Crippen LogP) is 3.12. The fourth-order valence-electron chi connectivity index (χ4n) is 3.82. The number of aliphatic imine (C=N–C) groups is 1. The number of rotatable bonds is 11. The van der Waals surface area contributed by atoms with Crippen LogP contribution in [0.1, 0.15) is 57.7 Å². The van der Waals surface area contributed by atoms with Gasteiger partial charge in [0, 0.05) is 52.3 Å². The van der Waals surface area contributed by atoms with Gasteiger partial charge in [0.1, 0.15) is 5.82 Å². The van der Waals surface area contributed by atoms with Crippen LogP contribution in [0, 0.1) is 12.3 Å². The minimum absolute atomic E-state index is 0.381. The van der Waals surface area contributed by atoms with Crippen molar-refractivity contribution in [2.24, 2.45) is 10.4 Å². The number of guanidine groups is 1. The molecule has 1 heterocycles. The third-order valence-corrected chi connectivity index (χ3v) is 5.54. The van der Waals surface area contributed by atoms with E-state index >= 15 is 0 Å². The van der Waals surface area contributed by atoms with Crippen molar-refractivity contribution >= 4 is 5.96 Å². The van der Waals surface area contributed by atoms with Gasteiger partial charge in [-0.25, -0.2) is 4.98 Å². The molecule has 26 heavy (non-hydrogen) atoms.